The van der Waals surface area contributed by atoms with Crippen molar-refractivity contribution in [2.24, 2.45) is 0 Å². The molecule has 0 fully saturated rings. The number of rotatable bonds is 7. The number of thiazole rings is 1. The van der Waals surface area contributed by atoms with Gasteiger partial charge >= 0.3 is 0 Å². The molecule has 1 heterocycles. The molecule has 0 aliphatic rings. The van der Waals surface area contributed by atoms with Crippen LogP contribution in [0.1, 0.15) is 20.9 Å². The first kappa shape index (κ1) is 23.5. The zero-order valence-electron chi connectivity index (χ0n) is 16.9. The molecule has 1 aromatic heterocycles. The van der Waals surface area contributed by atoms with Crippen LogP contribution in [-0.4, -0.2) is 34.5 Å². The van der Waals surface area contributed by atoms with Crippen molar-refractivity contribution in [3.63, 3.8) is 0 Å². The molecule has 3 rings (SSSR count). The van der Waals surface area contributed by atoms with Crippen molar-refractivity contribution in [3.05, 3.63) is 68.0 Å². The van der Waals surface area contributed by atoms with Gasteiger partial charge in [0.05, 0.1) is 26.8 Å². The minimum Gasteiger partial charge on any atom is -0.505 e. The Morgan fingerprint density at radius 3 is 2.44 bits per heavy atom. The van der Waals surface area contributed by atoms with E-state index >= 15 is 0 Å². The molecule has 0 spiro atoms. The van der Waals surface area contributed by atoms with Gasteiger partial charge < -0.3 is 15.7 Å². The van der Waals surface area contributed by atoms with Crippen LogP contribution in [0.3, 0.4) is 0 Å². The second-order valence-corrected chi connectivity index (χ2v) is 8.72. The third-order valence-electron chi connectivity index (χ3n) is 4.54. The second kappa shape index (κ2) is 10.5. The standard InChI is InChI=1S/C22H18Cl2N4O3S/c1-12-27-19(11-32-12)14-2-4-15(5-3-14)21(30)28-18(22(31)26-7-6-25)10-13-8-16(23)20(29)17(24)9-13/h2-5,8-9,11,18,29H,7,10H2,1H3,(H,26,31)(H,28,30)/t18-/m0/s1. The lowest BCUT2D eigenvalue weighted by Gasteiger charge is -2.18. The van der Waals surface area contributed by atoms with Gasteiger partial charge in [-0.25, -0.2) is 4.98 Å². The monoisotopic (exact) mass is 488 g/mol. The smallest absolute Gasteiger partial charge is 0.251 e. The van der Waals surface area contributed by atoms with Crippen molar-refractivity contribution in [1.29, 1.82) is 5.26 Å². The number of nitriles is 1. The number of nitrogens with one attached hydrogen (secondary N) is 2. The second-order valence-electron chi connectivity index (χ2n) is 6.84. The molecule has 0 saturated carbocycles. The van der Waals surface area contributed by atoms with E-state index in [0.29, 0.717) is 11.1 Å². The van der Waals surface area contributed by atoms with Gasteiger partial charge in [-0.05, 0) is 36.8 Å². The summed E-state index contributed by atoms with van der Waals surface area (Å²) in [7, 11) is 0. The molecule has 0 aliphatic carbocycles. The predicted molar refractivity (Wildman–Crippen MR) is 124 cm³/mol. The molecule has 0 unspecified atom stereocenters. The highest BCUT2D eigenvalue weighted by atomic mass is 35.5. The number of carbonyl (C=O) groups is 2. The largest absolute Gasteiger partial charge is 0.505 e. The number of phenols is 1. The van der Waals surface area contributed by atoms with Gasteiger partial charge in [0.25, 0.3) is 5.91 Å². The van der Waals surface area contributed by atoms with Gasteiger partial charge in [-0.1, -0.05) is 35.3 Å². The topological polar surface area (TPSA) is 115 Å². The third kappa shape index (κ3) is 5.77. The number of aromatic hydroxyl groups is 1. The highest BCUT2D eigenvalue weighted by Crippen LogP contribution is 2.33. The first-order valence-electron chi connectivity index (χ1n) is 9.43. The SMILES string of the molecule is Cc1nc(-c2ccc(C(=O)N[C@@H](Cc3cc(Cl)c(O)c(Cl)c3)C(=O)NCC#N)cc2)cs1. The Morgan fingerprint density at radius 1 is 1.22 bits per heavy atom. The maximum atomic E-state index is 12.8. The summed E-state index contributed by atoms with van der Waals surface area (Å²) in [6.45, 7) is 1.71. The Labute approximate surface area is 198 Å². The number of carbonyl (C=O) groups excluding carboxylic acids is 2. The summed E-state index contributed by atoms with van der Waals surface area (Å²) in [5.41, 5.74) is 2.60. The number of aryl methyl sites for hydroxylation is 1. The minimum atomic E-state index is -0.992. The number of phenolic OH excluding ortho intramolecular Hbond substituents is 1. The van der Waals surface area contributed by atoms with Crippen molar-refractivity contribution in [3.8, 4) is 23.1 Å². The van der Waals surface area contributed by atoms with Crippen LogP contribution in [0.15, 0.2) is 41.8 Å². The zero-order valence-corrected chi connectivity index (χ0v) is 19.2. The quantitative estimate of drug-likeness (QED) is 0.432. The van der Waals surface area contributed by atoms with E-state index in [-0.39, 0.29) is 28.8 Å². The first-order valence-corrected chi connectivity index (χ1v) is 11.1. The molecule has 2 aromatic carbocycles. The van der Waals surface area contributed by atoms with E-state index in [1.807, 2.05) is 18.4 Å². The molecule has 0 aliphatic heterocycles. The zero-order chi connectivity index (χ0) is 23.3. The number of hydrogen-bond donors (Lipinski definition) is 3. The van der Waals surface area contributed by atoms with Gasteiger partial charge in [0.15, 0.2) is 5.75 Å². The van der Waals surface area contributed by atoms with Gasteiger partial charge in [-0.15, -0.1) is 11.3 Å². The Morgan fingerprint density at radius 2 is 1.88 bits per heavy atom. The van der Waals surface area contributed by atoms with E-state index in [1.165, 1.54) is 23.5 Å². The first-order chi connectivity index (χ1) is 15.3. The number of amides is 2. The van der Waals surface area contributed by atoms with Crippen LogP contribution < -0.4 is 10.6 Å². The summed E-state index contributed by atoms with van der Waals surface area (Å²) >= 11 is 13.5. The summed E-state index contributed by atoms with van der Waals surface area (Å²) in [5.74, 6) is -1.25. The van der Waals surface area contributed by atoms with Crippen molar-refractivity contribution < 1.29 is 14.7 Å². The molecule has 0 radical (unpaired) electrons. The van der Waals surface area contributed by atoms with Gasteiger partial charge in [-0.2, -0.15) is 5.26 Å². The van der Waals surface area contributed by atoms with E-state index in [2.05, 4.69) is 15.6 Å². The Kier molecular flexibility index (Phi) is 7.70. The number of aromatic nitrogens is 1. The maximum Gasteiger partial charge on any atom is 0.251 e. The molecule has 0 saturated heterocycles. The van der Waals surface area contributed by atoms with Gasteiger partial charge in [0.2, 0.25) is 5.91 Å². The lowest BCUT2D eigenvalue weighted by atomic mass is 10.0. The molecular formula is C22H18Cl2N4O3S. The fraction of sp³-hybridized carbons (Fsp3) is 0.182. The molecule has 10 heteroatoms. The summed E-state index contributed by atoms with van der Waals surface area (Å²) < 4.78 is 0. The van der Waals surface area contributed by atoms with E-state index in [0.717, 1.165) is 16.3 Å². The third-order valence-corrected chi connectivity index (χ3v) is 5.89. The van der Waals surface area contributed by atoms with Crippen LogP contribution in [0.4, 0.5) is 0 Å². The Balaban J connectivity index is 1.78. The fourth-order valence-corrected chi connectivity index (χ4v) is 4.11. The number of nitrogens with zero attached hydrogens (tertiary/aromatic N) is 2. The molecule has 3 N–H and O–H groups in total. The Hall–Kier alpha value is -3.12. The van der Waals surface area contributed by atoms with E-state index in [4.69, 9.17) is 28.5 Å². The number of benzene rings is 2. The van der Waals surface area contributed by atoms with Crippen molar-refractivity contribution in [2.75, 3.05) is 6.54 Å². The molecule has 164 valence electrons. The summed E-state index contributed by atoms with van der Waals surface area (Å²) in [4.78, 5) is 29.8. The molecule has 1 atom stereocenters. The van der Waals surface area contributed by atoms with Crippen molar-refractivity contribution >= 4 is 46.4 Å². The lowest BCUT2D eigenvalue weighted by molar-refractivity contribution is -0.122. The van der Waals surface area contributed by atoms with Gasteiger partial charge in [0.1, 0.15) is 12.6 Å². The number of hydrogen-bond acceptors (Lipinski definition) is 6. The summed E-state index contributed by atoms with van der Waals surface area (Å²) in [6.07, 6.45) is 0.0545. The normalized spacial score (nSPS) is 11.4. The molecule has 7 nitrogen and oxygen atoms in total. The summed E-state index contributed by atoms with van der Waals surface area (Å²) in [5, 5.41) is 26.6. The molecule has 0 bridgehead atoms. The molecular weight excluding hydrogens is 471 g/mol. The van der Waals surface area contributed by atoms with Gasteiger partial charge in [-0.3, -0.25) is 9.59 Å². The fourth-order valence-electron chi connectivity index (χ4n) is 2.96. The minimum absolute atomic E-state index is 0.0304. The van der Waals surface area contributed by atoms with E-state index < -0.39 is 17.9 Å². The van der Waals surface area contributed by atoms with Crippen molar-refractivity contribution in [2.45, 2.75) is 19.4 Å². The van der Waals surface area contributed by atoms with Crippen LogP contribution in [0.2, 0.25) is 10.0 Å². The Bertz CT molecular complexity index is 1170. The molecule has 3 aromatic rings. The number of halogens is 2. The van der Waals surface area contributed by atoms with Crippen molar-refractivity contribution in [1.82, 2.24) is 15.6 Å². The van der Waals surface area contributed by atoms with Crippen LogP contribution in [-0.2, 0) is 11.2 Å². The molecule has 32 heavy (non-hydrogen) atoms. The highest BCUT2D eigenvalue weighted by Gasteiger charge is 2.23. The van der Waals surface area contributed by atoms with Gasteiger partial charge in [0, 0.05) is 22.9 Å². The average Bonchev–Trinajstić information content (AvgIpc) is 3.21. The molecule has 2 amide bonds. The predicted octanol–water partition coefficient (Wildman–Crippen LogP) is 4.11. The lowest BCUT2D eigenvalue weighted by Crippen LogP contribution is -2.48. The van der Waals surface area contributed by atoms with Crippen LogP contribution in [0, 0.1) is 18.3 Å². The van der Waals surface area contributed by atoms with E-state index in [9.17, 15) is 14.7 Å². The van der Waals surface area contributed by atoms with Crippen LogP contribution >= 0.6 is 34.5 Å². The van der Waals surface area contributed by atoms with Crippen LogP contribution in [0.25, 0.3) is 11.3 Å². The van der Waals surface area contributed by atoms with E-state index in [1.54, 1.807) is 24.3 Å². The maximum absolute atomic E-state index is 12.8. The highest BCUT2D eigenvalue weighted by molar-refractivity contribution is 7.09. The summed E-state index contributed by atoms with van der Waals surface area (Å²) in [6, 6.07) is 10.6. The van der Waals surface area contributed by atoms with Crippen LogP contribution in [0.5, 0.6) is 5.75 Å². The average molecular weight is 489 g/mol.